The molecule has 1 aromatic carbocycles. The zero-order chi connectivity index (χ0) is 15.1. The number of hydrogen-bond acceptors (Lipinski definition) is 2. The zero-order valence-electron chi connectivity index (χ0n) is 13.5. The van der Waals surface area contributed by atoms with Crippen LogP contribution < -0.4 is 4.90 Å². The number of amides is 1. The van der Waals surface area contributed by atoms with Crippen molar-refractivity contribution in [2.24, 2.45) is 0 Å². The van der Waals surface area contributed by atoms with Gasteiger partial charge in [0.25, 0.3) is 0 Å². The van der Waals surface area contributed by atoms with Crippen LogP contribution in [-0.2, 0) is 4.79 Å². The van der Waals surface area contributed by atoms with E-state index < -0.39 is 0 Å². The number of nitrogens with zero attached hydrogens (tertiary/aromatic N) is 2. The van der Waals surface area contributed by atoms with Gasteiger partial charge in [0.05, 0.1) is 0 Å². The molecule has 0 atom stereocenters. The zero-order valence-corrected chi connectivity index (χ0v) is 13.5. The number of anilines is 1. The Morgan fingerprint density at radius 3 is 2.52 bits per heavy atom. The van der Waals surface area contributed by atoms with Gasteiger partial charge in [0.1, 0.15) is 0 Å². The molecule has 116 valence electrons. The molecule has 1 heterocycles. The van der Waals surface area contributed by atoms with Gasteiger partial charge < -0.3 is 9.80 Å². The van der Waals surface area contributed by atoms with Crippen LogP contribution in [0.4, 0.5) is 5.69 Å². The summed E-state index contributed by atoms with van der Waals surface area (Å²) in [5, 5.41) is 0. The summed E-state index contributed by atoms with van der Waals surface area (Å²) in [5.74, 6) is 0.243. The molecule has 2 rings (SSSR count). The van der Waals surface area contributed by atoms with Gasteiger partial charge in [0.15, 0.2) is 0 Å². The quantitative estimate of drug-likeness (QED) is 0.826. The van der Waals surface area contributed by atoms with Crippen LogP contribution in [0.3, 0.4) is 0 Å². The summed E-state index contributed by atoms with van der Waals surface area (Å²) >= 11 is 0. The highest BCUT2D eigenvalue weighted by molar-refractivity contribution is 5.93. The average Bonchev–Trinajstić information content (AvgIpc) is 2.74. The minimum Gasteiger partial charge on any atom is -0.313 e. The van der Waals surface area contributed by atoms with Gasteiger partial charge in [0, 0.05) is 25.2 Å². The largest absolute Gasteiger partial charge is 0.313 e. The van der Waals surface area contributed by atoms with Crippen LogP contribution in [0.1, 0.15) is 44.6 Å². The molecule has 0 saturated carbocycles. The first-order valence-electron chi connectivity index (χ1n) is 8.30. The normalized spacial score (nSPS) is 16.5. The Labute approximate surface area is 128 Å². The Hall–Kier alpha value is -1.35. The van der Waals surface area contributed by atoms with Crippen molar-refractivity contribution < 1.29 is 4.79 Å². The SMILES string of the molecule is CCN(C(=O)CCN1CCCCCC1)c1cccc(C)c1. The van der Waals surface area contributed by atoms with E-state index in [1.54, 1.807) is 0 Å². The van der Waals surface area contributed by atoms with Crippen molar-refractivity contribution in [2.45, 2.75) is 46.0 Å². The van der Waals surface area contributed by atoms with Crippen molar-refractivity contribution in [3.63, 3.8) is 0 Å². The summed E-state index contributed by atoms with van der Waals surface area (Å²) in [6.45, 7) is 8.07. The molecule has 0 bridgehead atoms. The van der Waals surface area contributed by atoms with Gasteiger partial charge in [-0.15, -0.1) is 0 Å². The Kier molecular flexibility index (Phi) is 6.24. The van der Waals surface area contributed by atoms with Gasteiger partial charge in [-0.05, 0) is 57.5 Å². The summed E-state index contributed by atoms with van der Waals surface area (Å²) < 4.78 is 0. The van der Waals surface area contributed by atoms with E-state index in [9.17, 15) is 4.79 Å². The van der Waals surface area contributed by atoms with Crippen molar-refractivity contribution in [1.82, 2.24) is 4.90 Å². The molecule has 0 unspecified atom stereocenters. The first-order valence-corrected chi connectivity index (χ1v) is 8.30. The molecule has 1 amide bonds. The predicted molar refractivity (Wildman–Crippen MR) is 88.7 cm³/mol. The molecule has 1 aliphatic rings. The highest BCUT2D eigenvalue weighted by atomic mass is 16.2. The van der Waals surface area contributed by atoms with Crippen LogP contribution in [-0.4, -0.2) is 37.0 Å². The van der Waals surface area contributed by atoms with Gasteiger partial charge in [-0.3, -0.25) is 4.79 Å². The molecular formula is C18H28N2O. The topological polar surface area (TPSA) is 23.6 Å². The lowest BCUT2D eigenvalue weighted by molar-refractivity contribution is -0.118. The summed E-state index contributed by atoms with van der Waals surface area (Å²) in [4.78, 5) is 16.9. The molecule has 0 aromatic heterocycles. The number of aryl methyl sites for hydroxylation is 1. The van der Waals surface area contributed by atoms with Crippen molar-refractivity contribution in [3.05, 3.63) is 29.8 Å². The van der Waals surface area contributed by atoms with E-state index in [0.717, 1.165) is 31.9 Å². The minimum absolute atomic E-state index is 0.243. The molecular weight excluding hydrogens is 260 g/mol. The van der Waals surface area contributed by atoms with E-state index in [1.165, 1.54) is 31.2 Å². The predicted octanol–water partition coefficient (Wildman–Crippen LogP) is 3.61. The van der Waals surface area contributed by atoms with E-state index in [1.807, 2.05) is 24.0 Å². The lowest BCUT2D eigenvalue weighted by Crippen LogP contribution is -2.35. The number of carbonyl (C=O) groups is 1. The van der Waals surface area contributed by atoms with E-state index in [0.29, 0.717) is 6.42 Å². The molecule has 0 N–H and O–H groups in total. The number of hydrogen-bond donors (Lipinski definition) is 0. The number of likely N-dealkylation sites (tertiary alicyclic amines) is 1. The molecule has 1 aliphatic heterocycles. The molecule has 1 saturated heterocycles. The van der Waals surface area contributed by atoms with Gasteiger partial charge in [-0.2, -0.15) is 0 Å². The second-order valence-corrected chi connectivity index (χ2v) is 5.98. The summed E-state index contributed by atoms with van der Waals surface area (Å²) in [6.07, 6.45) is 5.87. The van der Waals surface area contributed by atoms with Crippen molar-refractivity contribution in [2.75, 3.05) is 31.1 Å². The minimum atomic E-state index is 0.243. The summed E-state index contributed by atoms with van der Waals surface area (Å²) in [5.41, 5.74) is 2.23. The molecule has 3 heteroatoms. The van der Waals surface area contributed by atoms with Crippen LogP contribution in [0.15, 0.2) is 24.3 Å². The number of rotatable bonds is 5. The highest BCUT2D eigenvalue weighted by Crippen LogP contribution is 2.17. The second kappa shape index (κ2) is 8.18. The lowest BCUT2D eigenvalue weighted by atomic mass is 10.2. The van der Waals surface area contributed by atoms with Gasteiger partial charge in [-0.1, -0.05) is 25.0 Å². The molecule has 0 aliphatic carbocycles. The van der Waals surface area contributed by atoms with E-state index in [2.05, 4.69) is 24.0 Å². The third kappa shape index (κ3) is 4.85. The summed E-state index contributed by atoms with van der Waals surface area (Å²) in [7, 11) is 0. The highest BCUT2D eigenvalue weighted by Gasteiger charge is 2.16. The van der Waals surface area contributed by atoms with Gasteiger partial charge in [0.2, 0.25) is 5.91 Å². The number of benzene rings is 1. The van der Waals surface area contributed by atoms with E-state index >= 15 is 0 Å². The Morgan fingerprint density at radius 1 is 1.19 bits per heavy atom. The molecule has 21 heavy (non-hydrogen) atoms. The average molecular weight is 288 g/mol. The fourth-order valence-electron chi connectivity index (χ4n) is 3.05. The molecule has 0 spiro atoms. The molecule has 1 fully saturated rings. The third-order valence-electron chi connectivity index (χ3n) is 4.27. The summed E-state index contributed by atoms with van der Waals surface area (Å²) in [6, 6.07) is 8.21. The Bertz CT molecular complexity index is 450. The maximum atomic E-state index is 12.5. The molecule has 0 radical (unpaired) electrons. The van der Waals surface area contributed by atoms with Gasteiger partial charge >= 0.3 is 0 Å². The first kappa shape index (κ1) is 16.0. The van der Waals surface area contributed by atoms with Crippen molar-refractivity contribution >= 4 is 11.6 Å². The van der Waals surface area contributed by atoms with Crippen LogP contribution in [0.5, 0.6) is 0 Å². The smallest absolute Gasteiger partial charge is 0.228 e. The lowest BCUT2D eigenvalue weighted by Gasteiger charge is -2.24. The number of carbonyl (C=O) groups excluding carboxylic acids is 1. The van der Waals surface area contributed by atoms with E-state index in [-0.39, 0.29) is 5.91 Å². The molecule has 1 aromatic rings. The second-order valence-electron chi connectivity index (χ2n) is 5.98. The monoisotopic (exact) mass is 288 g/mol. The fourth-order valence-corrected chi connectivity index (χ4v) is 3.05. The van der Waals surface area contributed by atoms with Crippen LogP contribution in [0.2, 0.25) is 0 Å². The van der Waals surface area contributed by atoms with E-state index in [4.69, 9.17) is 0 Å². The van der Waals surface area contributed by atoms with Crippen molar-refractivity contribution in [3.8, 4) is 0 Å². The standard InChI is InChI=1S/C18H28N2O/c1-3-20(17-10-8-9-16(2)15-17)18(21)11-14-19-12-6-4-5-7-13-19/h8-10,15H,3-7,11-14H2,1-2H3. The molecule has 3 nitrogen and oxygen atoms in total. The first-order chi connectivity index (χ1) is 10.2. The maximum absolute atomic E-state index is 12.5. The fraction of sp³-hybridized carbons (Fsp3) is 0.611. The van der Waals surface area contributed by atoms with Crippen LogP contribution in [0.25, 0.3) is 0 Å². The Balaban J connectivity index is 1.90. The van der Waals surface area contributed by atoms with Crippen LogP contribution >= 0.6 is 0 Å². The Morgan fingerprint density at radius 2 is 1.90 bits per heavy atom. The van der Waals surface area contributed by atoms with Gasteiger partial charge in [-0.25, -0.2) is 0 Å². The third-order valence-corrected chi connectivity index (χ3v) is 4.27. The maximum Gasteiger partial charge on any atom is 0.228 e. The van der Waals surface area contributed by atoms with Crippen LogP contribution in [0, 0.1) is 6.92 Å². The van der Waals surface area contributed by atoms with Crippen molar-refractivity contribution in [1.29, 1.82) is 0 Å².